The number of benzene rings is 1. The number of halogens is 1. The molecule has 0 bridgehead atoms. The monoisotopic (exact) mass is 252 g/mol. The molecule has 0 aliphatic carbocycles. The first-order valence-electron chi connectivity index (χ1n) is 4.51. The van der Waals surface area contributed by atoms with Crippen LogP contribution in [0.4, 0.5) is 11.4 Å². The molecule has 2 rings (SSSR count). The Bertz CT molecular complexity index is 549. The predicted octanol–water partition coefficient (Wildman–Crippen LogP) is 1.68. The van der Waals surface area contributed by atoms with E-state index in [0.717, 1.165) is 17.1 Å². The second-order valence-corrected chi connectivity index (χ2v) is 3.59. The lowest BCUT2D eigenvalue weighted by Gasteiger charge is -2.14. The van der Waals surface area contributed by atoms with Gasteiger partial charge in [0, 0.05) is 18.2 Å². The molecule has 0 spiro atoms. The molecular weight excluding hydrogens is 248 g/mol. The van der Waals surface area contributed by atoms with Crippen molar-refractivity contribution in [2.75, 3.05) is 4.90 Å². The van der Waals surface area contributed by atoms with E-state index in [0.29, 0.717) is 0 Å². The lowest BCUT2D eigenvalue weighted by molar-refractivity contribution is -0.384. The molecule has 7 heteroatoms. The van der Waals surface area contributed by atoms with Gasteiger partial charge >= 0.3 is 0 Å². The quantitative estimate of drug-likeness (QED) is 0.456. The maximum absolute atomic E-state index is 11.4. The Morgan fingerprint density at radius 1 is 1.18 bits per heavy atom. The van der Waals surface area contributed by atoms with Crippen molar-refractivity contribution in [3.63, 3.8) is 0 Å². The largest absolute Gasteiger partial charge is 0.290 e. The van der Waals surface area contributed by atoms with Crippen molar-refractivity contribution in [2.24, 2.45) is 0 Å². The predicted molar refractivity (Wildman–Crippen MR) is 59.7 cm³/mol. The summed E-state index contributed by atoms with van der Waals surface area (Å²) in [4.78, 5) is 33.6. The van der Waals surface area contributed by atoms with Crippen molar-refractivity contribution < 1.29 is 14.5 Å². The first kappa shape index (κ1) is 11.3. The van der Waals surface area contributed by atoms with E-state index in [-0.39, 0.29) is 16.4 Å². The Morgan fingerprint density at radius 3 is 2.29 bits per heavy atom. The minimum Gasteiger partial charge on any atom is -0.269 e. The molecule has 1 aromatic carbocycles. The summed E-state index contributed by atoms with van der Waals surface area (Å²) in [6, 6.07) is 3.93. The molecule has 2 amide bonds. The fourth-order valence-corrected chi connectivity index (χ4v) is 1.74. The highest BCUT2D eigenvalue weighted by Gasteiger charge is 2.29. The molecule has 0 radical (unpaired) electrons. The van der Waals surface area contributed by atoms with Crippen LogP contribution in [0.3, 0.4) is 0 Å². The van der Waals surface area contributed by atoms with Crippen LogP contribution in [0.2, 0.25) is 5.02 Å². The molecule has 0 N–H and O–H groups in total. The molecular formula is C10H5ClN2O4. The molecule has 0 fully saturated rings. The summed E-state index contributed by atoms with van der Waals surface area (Å²) in [5, 5.41) is 10.4. The van der Waals surface area contributed by atoms with Gasteiger partial charge in [-0.2, -0.15) is 0 Å². The van der Waals surface area contributed by atoms with Crippen LogP contribution in [0.25, 0.3) is 0 Å². The molecule has 1 aliphatic rings. The highest BCUT2D eigenvalue weighted by atomic mass is 35.5. The zero-order valence-corrected chi connectivity index (χ0v) is 9.05. The Morgan fingerprint density at radius 2 is 1.76 bits per heavy atom. The Balaban J connectivity index is 2.54. The van der Waals surface area contributed by atoms with Crippen LogP contribution in [-0.2, 0) is 9.59 Å². The van der Waals surface area contributed by atoms with E-state index < -0.39 is 16.7 Å². The van der Waals surface area contributed by atoms with E-state index in [1.165, 1.54) is 18.2 Å². The number of nitrogens with zero attached hydrogens (tertiary/aromatic N) is 2. The van der Waals surface area contributed by atoms with Gasteiger partial charge in [0.05, 0.1) is 10.6 Å². The van der Waals surface area contributed by atoms with Gasteiger partial charge in [0.2, 0.25) is 0 Å². The van der Waals surface area contributed by atoms with Gasteiger partial charge in [-0.05, 0) is 6.07 Å². The zero-order chi connectivity index (χ0) is 12.6. The van der Waals surface area contributed by atoms with Crippen LogP contribution in [0.5, 0.6) is 0 Å². The number of carbonyl (C=O) groups excluding carboxylic acids is 2. The third-order valence-corrected chi connectivity index (χ3v) is 2.59. The first-order chi connectivity index (χ1) is 8.02. The van der Waals surface area contributed by atoms with Gasteiger partial charge in [-0.1, -0.05) is 17.7 Å². The minimum absolute atomic E-state index is 0.0147. The van der Waals surface area contributed by atoms with Gasteiger partial charge in [0.15, 0.2) is 0 Å². The standard InChI is InChI=1S/C10H5ClN2O4/c11-10-6(2-1-3-7(10)13(16)17)12-8(14)4-5-9(12)15/h1-5H. The summed E-state index contributed by atoms with van der Waals surface area (Å²) >= 11 is 5.80. The van der Waals surface area contributed by atoms with Crippen LogP contribution in [0.1, 0.15) is 0 Å². The van der Waals surface area contributed by atoms with E-state index in [2.05, 4.69) is 0 Å². The van der Waals surface area contributed by atoms with Gasteiger partial charge in [-0.15, -0.1) is 0 Å². The van der Waals surface area contributed by atoms with Crippen molar-refractivity contribution in [1.29, 1.82) is 0 Å². The zero-order valence-electron chi connectivity index (χ0n) is 8.29. The third kappa shape index (κ3) is 1.78. The SMILES string of the molecule is O=C1C=CC(=O)N1c1cccc([N+](=O)[O-])c1Cl. The second-order valence-electron chi connectivity index (χ2n) is 3.21. The fraction of sp³-hybridized carbons (Fsp3) is 0. The number of nitro benzene ring substituents is 1. The van der Waals surface area contributed by atoms with Crippen molar-refractivity contribution in [1.82, 2.24) is 0 Å². The van der Waals surface area contributed by atoms with Crippen LogP contribution >= 0.6 is 11.6 Å². The Kier molecular flexibility index (Phi) is 2.64. The third-order valence-electron chi connectivity index (χ3n) is 2.20. The molecule has 0 saturated heterocycles. The van der Waals surface area contributed by atoms with Gasteiger partial charge in [-0.3, -0.25) is 19.7 Å². The van der Waals surface area contributed by atoms with Crippen LogP contribution in [-0.4, -0.2) is 16.7 Å². The molecule has 0 saturated carbocycles. The molecule has 1 aromatic rings. The lowest BCUT2D eigenvalue weighted by Crippen LogP contribution is -2.29. The molecule has 17 heavy (non-hydrogen) atoms. The molecule has 1 aliphatic heterocycles. The highest BCUT2D eigenvalue weighted by molar-refractivity contribution is 6.38. The fourth-order valence-electron chi connectivity index (χ4n) is 1.46. The maximum Gasteiger partial charge on any atom is 0.290 e. The van der Waals surface area contributed by atoms with Gasteiger partial charge < -0.3 is 0 Å². The molecule has 0 unspecified atom stereocenters. The van der Waals surface area contributed by atoms with Gasteiger partial charge in [0.1, 0.15) is 5.02 Å². The number of hydrogen-bond acceptors (Lipinski definition) is 4. The van der Waals surface area contributed by atoms with E-state index in [4.69, 9.17) is 11.6 Å². The summed E-state index contributed by atoms with van der Waals surface area (Å²) < 4.78 is 0. The van der Waals surface area contributed by atoms with Gasteiger partial charge in [-0.25, -0.2) is 4.90 Å². The lowest BCUT2D eigenvalue weighted by atomic mass is 10.2. The number of imide groups is 1. The number of rotatable bonds is 2. The number of hydrogen-bond donors (Lipinski definition) is 0. The van der Waals surface area contributed by atoms with Crippen molar-refractivity contribution in [3.05, 3.63) is 45.5 Å². The second kappa shape index (κ2) is 3.99. The minimum atomic E-state index is -0.676. The molecule has 86 valence electrons. The van der Waals surface area contributed by atoms with Crippen molar-refractivity contribution in [2.45, 2.75) is 0 Å². The average molecular weight is 253 g/mol. The first-order valence-corrected chi connectivity index (χ1v) is 4.89. The van der Waals surface area contributed by atoms with E-state index in [1.807, 2.05) is 0 Å². The highest BCUT2D eigenvalue weighted by Crippen LogP contribution is 2.35. The summed E-state index contributed by atoms with van der Waals surface area (Å²) in [7, 11) is 0. The van der Waals surface area contributed by atoms with Crippen LogP contribution < -0.4 is 4.90 Å². The van der Waals surface area contributed by atoms with Crippen molar-refractivity contribution in [3.8, 4) is 0 Å². The average Bonchev–Trinajstić information content (AvgIpc) is 2.59. The summed E-state index contributed by atoms with van der Waals surface area (Å²) in [5.74, 6) is -1.14. The maximum atomic E-state index is 11.4. The van der Waals surface area contributed by atoms with Crippen LogP contribution in [0.15, 0.2) is 30.4 Å². The normalized spacial score (nSPS) is 14.5. The summed E-state index contributed by atoms with van der Waals surface area (Å²) in [5.41, 5.74) is -0.336. The Hall–Kier alpha value is -2.21. The van der Waals surface area contributed by atoms with Crippen molar-refractivity contribution >= 4 is 34.8 Å². The van der Waals surface area contributed by atoms with E-state index in [9.17, 15) is 19.7 Å². The topological polar surface area (TPSA) is 80.5 Å². The summed E-state index contributed by atoms with van der Waals surface area (Å²) in [6.07, 6.45) is 2.16. The smallest absolute Gasteiger partial charge is 0.269 e. The Labute approximate surface area is 100 Å². The number of nitro groups is 1. The van der Waals surface area contributed by atoms with E-state index in [1.54, 1.807) is 0 Å². The molecule has 6 nitrogen and oxygen atoms in total. The van der Waals surface area contributed by atoms with Gasteiger partial charge in [0.25, 0.3) is 17.5 Å². The summed E-state index contributed by atoms with van der Waals surface area (Å²) in [6.45, 7) is 0. The number of amides is 2. The molecule has 0 atom stereocenters. The van der Waals surface area contributed by atoms with E-state index >= 15 is 0 Å². The number of carbonyl (C=O) groups is 2. The molecule has 1 heterocycles. The number of anilines is 1. The molecule has 0 aromatic heterocycles. The van der Waals surface area contributed by atoms with Crippen LogP contribution in [0, 0.1) is 10.1 Å².